The van der Waals surface area contributed by atoms with Crippen LogP contribution in [-0.2, 0) is 17.8 Å². The molecule has 3 rings (SSSR count). The minimum absolute atomic E-state index is 0.0677. The Morgan fingerprint density at radius 1 is 1.12 bits per heavy atom. The monoisotopic (exact) mass is 505 g/mol. The minimum atomic E-state index is -0.411. The molecule has 0 spiro atoms. The van der Waals surface area contributed by atoms with E-state index in [1.807, 2.05) is 48.7 Å². The zero-order chi connectivity index (χ0) is 23.8. The van der Waals surface area contributed by atoms with E-state index in [1.165, 1.54) is 23.4 Å². The van der Waals surface area contributed by atoms with Crippen molar-refractivity contribution in [2.75, 3.05) is 12.3 Å². The SMILES string of the molecule is CCn1c(SCC(=O)NCCc2ccccc2)nnc1[C@@H](C)NC(=O)c1ccc(Cl)cc1Cl. The lowest BCUT2D eigenvalue weighted by Gasteiger charge is -2.15. The number of hydrogen-bond donors (Lipinski definition) is 2. The lowest BCUT2D eigenvalue weighted by Crippen LogP contribution is -2.29. The summed E-state index contributed by atoms with van der Waals surface area (Å²) in [5.41, 5.74) is 1.51. The van der Waals surface area contributed by atoms with Crippen molar-refractivity contribution in [3.05, 3.63) is 75.5 Å². The van der Waals surface area contributed by atoms with Crippen LogP contribution in [0, 0.1) is 0 Å². The number of amides is 2. The lowest BCUT2D eigenvalue weighted by atomic mass is 10.1. The Kier molecular flexibility index (Phi) is 9.17. The van der Waals surface area contributed by atoms with Crippen LogP contribution < -0.4 is 10.6 Å². The molecule has 2 aromatic carbocycles. The van der Waals surface area contributed by atoms with Crippen LogP contribution >= 0.6 is 35.0 Å². The molecule has 0 aliphatic carbocycles. The largest absolute Gasteiger partial charge is 0.355 e. The highest BCUT2D eigenvalue weighted by atomic mass is 35.5. The quantitative estimate of drug-likeness (QED) is 0.394. The van der Waals surface area contributed by atoms with Crippen LogP contribution in [0.15, 0.2) is 53.7 Å². The van der Waals surface area contributed by atoms with Gasteiger partial charge in [-0.3, -0.25) is 9.59 Å². The van der Waals surface area contributed by atoms with Gasteiger partial charge in [-0.2, -0.15) is 0 Å². The molecule has 1 heterocycles. The molecule has 0 aliphatic heterocycles. The molecule has 3 aromatic rings. The van der Waals surface area contributed by atoms with Gasteiger partial charge in [0.1, 0.15) is 0 Å². The number of hydrogen-bond acceptors (Lipinski definition) is 5. The molecular weight excluding hydrogens is 481 g/mol. The first-order chi connectivity index (χ1) is 15.9. The molecule has 0 saturated heterocycles. The molecule has 0 radical (unpaired) electrons. The normalized spacial score (nSPS) is 11.8. The van der Waals surface area contributed by atoms with Gasteiger partial charge in [0.25, 0.3) is 5.91 Å². The molecule has 2 N–H and O–H groups in total. The highest BCUT2D eigenvalue weighted by Gasteiger charge is 2.21. The maximum atomic E-state index is 12.6. The van der Waals surface area contributed by atoms with Crippen LogP contribution in [0.25, 0.3) is 0 Å². The molecule has 0 aliphatic rings. The highest BCUT2D eigenvalue weighted by molar-refractivity contribution is 7.99. The number of benzene rings is 2. The van der Waals surface area contributed by atoms with E-state index >= 15 is 0 Å². The Balaban J connectivity index is 1.55. The van der Waals surface area contributed by atoms with Gasteiger partial charge in [0.15, 0.2) is 11.0 Å². The van der Waals surface area contributed by atoms with Crippen molar-refractivity contribution in [2.45, 2.75) is 38.0 Å². The van der Waals surface area contributed by atoms with Crippen molar-refractivity contribution < 1.29 is 9.59 Å². The van der Waals surface area contributed by atoms with Gasteiger partial charge in [0.2, 0.25) is 5.91 Å². The molecule has 0 saturated carbocycles. The summed E-state index contributed by atoms with van der Waals surface area (Å²) in [6.07, 6.45) is 0.779. The van der Waals surface area contributed by atoms with Crippen LogP contribution in [0.5, 0.6) is 0 Å². The Labute approximate surface area is 207 Å². The number of rotatable bonds is 10. The van der Waals surface area contributed by atoms with E-state index in [1.54, 1.807) is 12.1 Å². The number of carbonyl (C=O) groups excluding carboxylic acids is 2. The van der Waals surface area contributed by atoms with Gasteiger partial charge in [0, 0.05) is 18.1 Å². The number of halogens is 2. The number of nitrogens with one attached hydrogen (secondary N) is 2. The number of carbonyl (C=O) groups is 2. The maximum Gasteiger partial charge on any atom is 0.253 e. The van der Waals surface area contributed by atoms with Gasteiger partial charge in [-0.25, -0.2) is 0 Å². The zero-order valence-electron chi connectivity index (χ0n) is 18.3. The fourth-order valence-corrected chi connectivity index (χ4v) is 4.54. The van der Waals surface area contributed by atoms with Crippen LogP contribution in [0.3, 0.4) is 0 Å². The Bertz CT molecular complexity index is 1110. The second-order valence-electron chi connectivity index (χ2n) is 7.28. The minimum Gasteiger partial charge on any atom is -0.355 e. The summed E-state index contributed by atoms with van der Waals surface area (Å²) < 4.78 is 1.89. The average Bonchev–Trinajstić information content (AvgIpc) is 3.21. The van der Waals surface area contributed by atoms with E-state index in [9.17, 15) is 9.59 Å². The number of thioether (sulfide) groups is 1. The summed E-state index contributed by atoms with van der Waals surface area (Å²) >= 11 is 13.4. The van der Waals surface area contributed by atoms with Gasteiger partial charge >= 0.3 is 0 Å². The maximum absolute atomic E-state index is 12.6. The molecule has 10 heteroatoms. The molecule has 33 heavy (non-hydrogen) atoms. The number of nitrogens with zero attached hydrogens (tertiary/aromatic N) is 3. The summed E-state index contributed by atoms with van der Waals surface area (Å²) in [5, 5.41) is 15.6. The molecule has 2 amide bonds. The van der Waals surface area contributed by atoms with Crippen molar-refractivity contribution in [3.8, 4) is 0 Å². The molecule has 0 bridgehead atoms. The Morgan fingerprint density at radius 3 is 2.58 bits per heavy atom. The second-order valence-corrected chi connectivity index (χ2v) is 9.06. The Hall–Kier alpha value is -2.55. The molecule has 1 aromatic heterocycles. The zero-order valence-corrected chi connectivity index (χ0v) is 20.7. The van der Waals surface area contributed by atoms with E-state index in [4.69, 9.17) is 23.2 Å². The van der Waals surface area contributed by atoms with Crippen LogP contribution in [0.4, 0.5) is 0 Å². The van der Waals surface area contributed by atoms with E-state index in [0.29, 0.717) is 34.7 Å². The van der Waals surface area contributed by atoms with E-state index in [2.05, 4.69) is 20.8 Å². The van der Waals surface area contributed by atoms with Gasteiger partial charge in [-0.1, -0.05) is 65.3 Å². The third-order valence-corrected chi connectivity index (χ3v) is 6.40. The highest BCUT2D eigenvalue weighted by Crippen LogP contribution is 2.23. The summed E-state index contributed by atoms with van der Waals surface area (Å²) in [4.78, 5) is 24.9. The molecule has 174 valence electrons. The van der Waals surface area contributed by atoms with E-state index in [0.717, 1.165) is 6.42 Å². The predicted molar refractivity (Wildman–Crippen MR) is 132 cm³/mol. The first-order valence-electron chi connectivity index (χ1n) is 10.5. The Morgan fingerprint density at radius 2 is 1.88 bits per heavy atom. The van der Waals surface area contributed by atoms with Crippen LogP contribution in [0.2, 0.25) is 10.0 Å². The smallest absolute Gasteiger partial charge is 0.253 e. The van der Waals surface area contributed by atoms with E-state index < -0.39 is 6.04 Å². The topological polar surface area (TPSA) is 88.9 Å². The third kappa shape index (κ3) is 6.96. The summed E-state index contributed by atoms with van der Waals surface area (Å²) in [7, 11) is 0. The van der Waals surface area contributed by atoms with Crippen molar-refractivity contribution in [1.82, 2.24) is 25.4 Å². The molecule has 7 nitrogen and oxygen atoms in total. The van der Waals surface area contributed by atoms with Crippen molar-refractivity contribution in [2.24, 2.45) is 0 Å². The van der Waals surface area contributed by atoms with Gasteiger partial charge in [0.05, 0.1) is 22.4 Å². The fraction of sp³-hybridized carbons (Fsp3) is 0.304. The second kappa shape index (κ2) is 12.1. The van der Waals surface area contributed by atoms with Gasteiger partial charge in [-0.05, 0) is 44.0 Å². The molecular formula is C23H25Cl2N5O2S. The molecule has 1 atom stereocenters. The fourth-order valence-electron chi connectivity index (χ4n) is 3.21. The van der Waals surface area contributed by atoms with Crippen LogP contribution in [-0.4, -0.2) is 38.9 Å². The van der Waals surface area contributed by atoms with Gasteiger partial charge < -0.3 is 15.2 Å². The van der Waals surface area contributed by atoms with Crippen LogP contribution in [0.1, 0.15) is 41.6 Å². The summed E-state index contributed by atoms with van der Waals surface area (Å²) in [5.74, 6) is 0.431. The van der Waals surface area contributed by atoms with Crippen molar-refractivity contribution >= 4 is 46.8 Å². The number of aromatic nitrogens is 3. The standard InChI is InChI=1S/C23H25Cl2N5O2S/c1-3-30-21(15(2)27-22(32)18-10-9-17(24)13-19(18)25)28-29-23(30)33-14-20(31)26-12-11-16-7-5-4-6-8-16/h4-10,13,15H,3,11-12,14H2,1-2H3,(H,26,31)(H,27,32)/t15-/m1/s1. The van der Waals surface area contributed by atoms with Gasteiger partial charge in [-0.15, -0.1) is 10.2 Å². The van der Waals surface area contributed by atoms with Crippen molar-refractivity contribution in [3.63, 3.8) is 0 Å². The summed E-state index contributed by atoms with van der Waals surface area (Å²) in [6.45, 7) is 4.96. The first kappa shape index (κ1) is 25.1. The lowest BCUT2D eigenvalue weighted by molar-refractivity contribution is -0.118. The first-order valence-corrected chi connectivity index (χ1v) is 12.3. The predicted octanol–water partition coefficient (Wildman–Crippen LogP) is 4.55. The third-order valence-electron chi connectivity index (χ3n) is 4.88. The summed E-state index contributed by atoms with van der Waals surface area (Å²) in [6, 6.07) is 14.3. The van der Waals surface area contributed by atoms with Crippen molar-refractivity contribution in [1.29, 1.82) is 0 Å². The van der Waals surface area contributed by atoms with E-state index in [-0.39, 0.29) is 22.6 Å². The molecule has 0 fully saturated rings. The average molecular weight is 506 g/mol. The molecule has 0 unspecified atom stereocenters.